The largest absolute Gasteiger partial charge is 0.497 e. The molecule has 0 spiro atoms. The minimum atomic E-state index is 0.406. The predicted octanol–water partition coefficient (Wildman–Crippen LogP) is 4.15. The van der Waals surface area contributed by atoms with E-state index >= 15 is 0 Å². The van der Waals surface area contributed by atoms with Gasteiger partial charge in [-0.05, 0) is 38.0 Å². The Bertz CT molecular complexity index is 1060. The smallest absolute Gasteiger partial charge is 0.233 e. The Hall–Kier alpha value is -3.95. The van der Waals surface area contributed by atoms with Crippen LogP contribution in [-0.2, 0) is 6.42 Å². The molecular weight excluding hydrogens is 448 g/mol. The van der Waals surface area contributed by atoms with Crippen LogP contribution in [0.3, 0.4) is 0 Å². The van der Waals surface area contributed by atoms with Gasteiger partial charge < -0.3 is 34.5 Å². The summed E-state index contributed by atoms with van der Waals surface area (Å²) in [6, 6.07) is 11.6. The lowest BCUT2D eigenvalue weighted by molar-refractivity contribution is 0.324. The van der Waals surface area contributed by atoms with Crippen molar-refractivity contribution < 1.29 is 18.9 Å². The second-order valence-corrected chi connectivity index (χ2v) is 7.52. The Morgan fingerprint density at radius 1 is 0.771 bits per heavy atom. The van der Waals surface area contributed by atoms with Crippen molar-refractivity contribution in [2.24, 2.45) is 0 Å². The second-order valence-electron chi connectivity index (χ2n) is 7.52. The first-order valence-corrected chi connectivity index (χ1v) is 11.5. The third-order valence-corrected chi connectivity index (χ3v) is 5.45. The maximum atomic E-state index is 5.46. The quantitative estimate of drug-likeness (QED) is 0.369. The molecule has 3 rings (SSSR count). The molecule has 0 aliphatic carbocycles. The number of nitrogens with one attached hydrogen (secondary N) is 2. The first kappa shape index (κ1) is 25.7. The van der Waals surface area contributed by atoms with Gasteiger partial charge in [-0.15, -0.1) is 0 Å². The molecule has 1 aromatic heterocycles. The Balaban J connectivity index is 1.84. The van der Waals surface area contributed by atoms with Crippen molar-refractivity contribution in [2.75, 3.05) is 63.6 Å². The molecule has 188 valence electrons. The second kappa shape index (κ2) is 12.5. The van der Waals surface area contributed by atoms with Crippen molar-refractivity contribution in [3.05, 3.63) is 42.0 Å². The number of methoxy groups -OCH3 is 4. The van der Waals surface area contributed by atoms with Crippen LogP contribution < -0.4 is 34.5 Å². The van der Waals surface area contributed by atoms with Gasteiger partial charge in [-0.1, -0.05) is 12.1 Å². The van der Waals surface area contributed by atoms with Crippen LogP contribution in [0.5, 0.6) is 23.0 Å². The van der Waals surface area contributed by atoms with Crippen molar-refractivity contribution in [3.63, 3.8) is 0 Å². The van der Waals surface area contributed by atoms with E-state index in [-0.39, 0.29) is 0 Å². The summed E-state index contributed by atoms with van der Waals surface area (Å²) >= 11 is 0. The molecular formula is C25H34N6O4. The van der Waals surface area contributed by atoms with Crippen LogP contribution in [0, 0.1) is 0 Å². The first-order valence-electron chi connectivity index (χ1n) is 11.5. The molecule has 0 amide bonds. The number of anilines is 4. The summed E-state index contributed by atoms with van der Waals surface area (Å²) in [5.41, 5.74) is 1.88. The normalized spacial score (nSPS) is 10.5. The molecule has 10 nitrogen and oxygen atoms in total. The molecule has 0 aliphatic rings. The van der Waals surface area contributed by atoms with E-state index in [0.717, 1.165) is 25.3 Å². The van der Waals surface area contributed by atoms with Gasteiger partial charge in [0.15, 0.2) is 11.5 Å². The molecule has 0 radical (unpaired) electrons. The van der Waals surface area contributed by atoms with Gasteiger partial charge in [0.2, 0.25) is 23.6 Å². The van der Waals surface area contributed by atoms with E-state index in [1.54, 1.807) is 40.6 Å². The average molecular weight is 483 g/mol. The monoisotopic (exact) mass is 482 g/mol. The summed E-state index contributed by atoms with van der Waals surface area (Å²) in [6.45, 7) is 6.34. The Morgan fingerprint density at radius 3 is 1.94 bits per heavy atom. The Kier molecular flexibility index (Phi) is 9.16. The third-order valence-electron chi connectivity index (χ3n) is 5.45. The molecule has 0 saturated carbocycles. The van der Waals surface area contributed by atoms with Crippen LogP contribution in [0.1, 0.15) is 19.4 Å². The maximum absolute atomic E-state index is 5.46. The van der Waals surface area contributed by atoms with Crippen LogP contribution >= 0.6 is 0 Å². The Morgan fingerprint density at radius 2 is 1.40 bits per heavy atom. The zero-order valence-electron chi connectivity index (χ0n) is 21.2. The van der Waals surface area contributed by atoms with Gasteiger partial charge in [-0.2, -0.15) is 15.0 Å². The maximum Gasteiger partial charge on any atom is 0.233 e. The minimum Gasteiger partial charge on any atom is -0.497 e. The molecule has 0 unspecified atom stereocenters. The average Bonchev–Trinajstić information content (AvgIpc) is 2.89. The van der Waals surface area contributed by atoms with Gasteiger partial charge in [0.25, 0.3) is 0 Å². The lowest BCUT2D eigenvalue weighted by Crippen LogP contribution is -2.25. The van der Waals surface area contributed by atoms with E-state index in [1.807, 2.05) is 24.3 Å². The third kappa shape index (κ3) is 6.56. The highest BCUT2D eigenvalue weighted by atomic mass is 16.5. The molecule has 0 atom stereocenters. The van der Waals surface area contributed by atoms with Gasteiger partial charge in [0.05, 0.1) is 28.4 Å². The van der Waals surface area contributed by atoms with E-state index in [4.69, 9.17) is 18.9 Å². The van der Waals surface area contributed by atoms with Crippen LogP contribution in [0.2, 0.25) is 0 Å². The SMILES string of the molecule is CCN(CC)c1nc(NCCc2ccc(OC)cc2)nc(Nc2cc(OC)c(OC)c(OC)c2)n1. The van der Waals surface area contributed by atoms with Crippen molar-refractivity contribution in [1.82, 2.24) is 15.0 Å². The molecule has 0 aliphatic heterocycles. The van der Waals surface area contributed by atoms with Gasteiger partial charge in [-0.3, -0.25) is 0 Å². The summed E-state index contributed by atoms with van der Waals surface area (Å²) in [7, 11) is 6.38. The van der Waals surface area contributed by atoms with Crippen molar-refractivity contribution in [2.45, 2.75) is 20.3 Å². The number of aromatic nitrogens is 3. The summed E-state index contributed by atoms with van der Waals surface area (Å²) < 4.78 is 21.6. The van der Waals surface area contributed by atoms with E-state index in [1.165, 1.54) is 5.56 Å². The highest BCUT2D eigenvalue weighted by Crippen LogP contribution is 2.40. The fraction of sp³-hybridized carbons (Fsp3) is 0.400. The van der Waals surface area contributed by atoms with Crippen molar-refractivity contribution in [1.29, 1.82) is 0 Å². The summed E-state index contributed by atoms with van der Waals surface area (Å²) in [4.78, 5) is 15.9. The van der Waals surface area contributed by atoms with Crippen molar-refractivity contribution >= 4 is 23.5 Å². The summed E-state index contributed by atoms with van der Waals surface area (Å²) in [5, 5.41) is 6.58. The minimum absolute atomic E-state index is 0.406. The molecule has 3 aromatic rings. The van der Waals surface area contributed by atoms with Crippen LogP contribution in [0.25, 0.3) is 0 Å². The zero-order chi connectivity index (χ0) is 25.2. The molecule has 0 bridgehead atoms. The fourth-order valence-electron chi connectivity index (χ4n) is 3.54. The molecule has 35 heavy (non-hydrogen) atoms. The number of nitrogens with zero attached hydrogens (tertiary/aromatic N) is 4. The molecule has 1 heterocycles. The Labute approximate surface area is 206 Å². The highest BCUT2D eigenvalue weighted by molar-refractivity contribution is 5.66. The summed E-state index contributed by atoms with van der Waals surface area (Å²) in [5.74, 6) is 3.90. The molecule has 10 heteroatoms. The van der Waals surface area contributed by atoms with Gasteiger partial charge in [-0.25, -0.2) is 0 Å². The van der Waals surface area contributed by atoms with Gasteiger partial charge in [0.1, 0.15) is 5.75 Å². The van der Waals surface area contributed by atoms with Crippen LogP contribution in [-0.4, -0.2) is 63.0 Å². The molecule has 2 aromatic carbocycles. The molecule has 2 N–H and O–H groups in total. The number of rotatable bonds is 13. The van der Waals surface area contributed by atoms with E-state index in [0.29, 0.717) is 47.3 Å². The predicted molar refractivity (Wildman–Crippen MR) is 138 cm³/mol. The van der Waals surface area contributed by atoms with Gasteiger partial charge in [0, 0.05) is 37.5 Å². The number of benzene rings is 2. The standard InChI is InChI=1S/C25H34N6O4/c1-7-31(8-2)25-29-23(26-14-13-17-9-11-19(32-3)12-10-17)28-24(30-25)27-18-15-20(33-4)22(35-6)21(16-18)34-5/h9-12,15-16H,7-8,13-14H2,1-6H3,(H2,26,27,28,29,30). The lowest BCUT2D eigenvalue weighted by atomic mass is 10.1. The van der Waals surface area contributed by atoms with Crippen LogP contribution in [0.4, 0.5) is 23.5 Å². The number of hydrogen-bond acceptors (Lipinski definition) is 10. The van der Waals surface area contributed by atoms with E-state index < -0.39 is 0 Å². The zero-order valence-corrected chi connectivity index (χ0v) is 21.2. The van der Waals surface area contributed by atoms with Crippen LogP contribution in [0.15, 0.2) is 36.4 Å². The van der Waals surface area contributed by atoms with Gasteiger partial charge >= 0.3 is 0 Å². The van der Waals surface area contributed by atoms with E-state index in [9.17, 15) is 0 Å². The summed E-state index contributed by atoms with van der Waals surface area (Å²) in [6.07, 6.45) is 0.811. The highest BCUT2D eigenvalue weighted by Gasteiger charge is 2.16. The fourth-order valence-corrected chi connectivity index (χ4v) is 3.54. The topological polar surface area (TPSA) is 103 Å². The van der Waals surface area contributed by atoms with E-state index in [2.05, 4.69) is 44.3 Å². The first-order chi connectivity index (χ1) is 17.0. The molecule has 0 fully saturated rings. The van der Waals surface area contributed by atoms with Crippen molar-refractivity contribution in [3.8, 4) is 23.0 Å². The lowest BCUT2D eigenvalue weighted by Gasteiger charge is -2.20. The molecule has 0 saturated heterocycles. The number of ether oxygens (including phenoxy) is 4. The number of hydrogen-bond donors (Lipinski definition) is 2.